The fourth-order valence-corrected chi connectivity index (χ4v) is 2.69. The fourth-order valence-electron chi connectivity index (χ4n) is 2.69. The standard InChI is InChI=1S/C13H24N4O2/c1-3-12(14)13(10-6-15-16(2)7-10)17-4-5-19-9-11(17)8-18/h6-7,11-13,18H,3-5,8-9,14H2,1-2H3. The molecule has 0 aliphatic carbocycles. The molecule has 3 unspecified atom stereocenters. The normalized spacial score (nSPS) is 24.3. The number of aliphatic hydroxyl groups excluding tert-OH is 1. The third kappa shape index (κ3) is 3.14. The number of aryl methyl sites for hydroxylation is 1. The number of hydrogen-bond donors (Lipinski definition) is 2. The minimum absolute atomic E-state index is 0.0107. The van der Waals surface area contributed by atoms with Gasteiger partial charge in [0.1, 0.15) is 0 Å². The van der Waals surface area contributed by atoms with Gasteiger partial charge in [0.15, 0.2) is 0 Å². The highest BCUT2D eigenvalue weighted by Gasteiger charge is 2.33. The van der Waals surface area contributed by atoms with Gasteiger partial charge in [-0.05, 0) is 6.42 Å². The first-order chi connectivity index (χ1) is 9.17. The Bertz CT molecular complexity index is 396. The van der Waals surface area contributed by atoms with Crippen LogP contribution in [0.4, 0.5) is 0 Å². The van der Waals surface area contributed by atoms with E-state index in [4.69, 9.17) is 10.5 Å². The van der Waals surface area contributed by atoms with E-state index in [1.165, 1.54) is 0 Å². The predicted molar refractivity (Wildman–Crippen MR) is 72.6 cm³/mol. The third-order valence-electron chi connectivity index (χ3n) is 3.78. The molecule has 108 valence electrons. The van der Waals surface area contributed by atoms with Crippen LogP contribution in [0.1, 0.15) is 24.9 Å². The van der Waals surface area contributed by atoms with E-state index in [-0.39, 0.29) is 24.7 Å². The van der Waals surface area contributed by atoms with E-state index in [1.807, 2.05) is 19.4 Å². The Morgan fingerprint density at radius 1 is 1.63 bits per heavy atom. The number of hydrogen-bond acceptors (Lipinski definition) is 5. The summed E-state index contributed by atoms with van der Waals surface area (Å²) < 4.78 is 7.24. The van der Waals surface area contributed by atoms with Crippen LogP contribution in [0.3, 0.4) is 0 Å². The predicted octanol–water partition coefficient (Wildman–Crippen LogP) is -0.108. The van der Waals surface area contributed by atoms with Gasteiger partial charge < -0.3 is 15.6 Å². The Labute approximate surface area is 114 Å². The summed E-state index contributed by atoms with van der Waals surface area (Å²) in [5.74, 6) is 0. The first kappa shape index (κ1) is 14.5. The van der Waals surface area contributed by atoms with Crippen molar-refractivity contribution in [3.8, 4) is 0 Å². The zero-order valence-corrected chi connectivity index (χ0v) is 11.7. The van der Waals surface area contributed by atoms with E-state index in [2.05, 4.69) is 16.9 Å². The summed E-state index contributed by atoms with van der Waals surface area (Å²) in [5, 5.41) is 13.8. The first-order valence-corrected chi connectivity index (χ1v) is 6.85. The summed E-state index contributed by atoms with van der Waals surface area (Å²) in [6, 6.07) is 0.118. The maximum atomic E-state index is 9.53. The van der Waals surface area contributed by atoms with Gasteiger partial charge >= 0.3 is 0 Å². The second kappa shape index (κ2) is 6.47. The molecule has 0 bridgehead atoms. The molecule has 0 aromatic carbocycles. The summed E-state index contributed by atoms with van der Waals surface area (Å²) in [6.45, 7) is 4.21. The number of aliphatic hydroxyl groups is 1. The van der Waals surface area contributed by atoms with Crippen molar-refractivity contribution in [1.82, 2.24) is 14.7 Å². The topological polar surface area (TPSA) is 76.5 Å². The molecule has 1 aromatic rings. The summed E-state index contributed by atoms with van der Waals surface area (Å²) in [5.41, 5.74) is 7.41. The minimum atomic E-state index is 0.0107. The SMILES string of the molecule is CCC(N)C(c1cnn(C)c1)N1CCOCC1CO. The highest BCUT2D eigenvalue weighted by Crippen LogP contribution is 2.28. The quantitative estimate of drug-likeness (QED) is 0.779. The van der Waals surface area contributed by atoms with E-state index in [0.717, 1.165) is 18.5 Å². The molecule has 6 heteroatoms. The molecule has 1 saturated heterocycles. The van der Waals surface area contributed by atoms with E-state index in [9.17, 15) is 5.11 Å². The van der Waals surface area contributed by atoms with Gasteiger partial charge in [0.25, 0.3) is 0 Å². The van der Waals surface area contributed by atoms with Crippen LogP contribution in [0.2, 0.25) is 0 Å². The third-order valence-corrected chi connectivity index (χ3v) is 3.78. The zero-order chi connectivity index (χ0) is 13.8. The smallest absolute Gasteiger partial charge is 0.0645 e. The van der Waals surface area contributed by atoms with Gasteiger partial charge in [-0.3, -0.25) is 9.58 Å². The van der Waals surface area contributed by atoms with Gasteiger partial charge in [-0.25, -0.2) is 0 Å². The van der Waals surface area contributed by atoms with Crippen molar-refractivity contribution in [1.29, 1.82) is 0 Å². The van der Waals surface area contributed by atoms with E-state index in [1.54, 1.807) is 4.68 Å². The first-order valence-electron chi connectivity index (χ1n) is 6.85. The van der Waals surface area contributed by atoms with Gasteiger partial charge in [-0.2, -0.15) is 5.10 Å². The summed E-state index contributed by atoms with van der Waals surface area (Å²) in [6.07, 6.45) is 4.75. The summed E-state index contributed by atoms with van der Waals surface area (Å²) in [4.78, 5) is 2.26. The van der Waals surface area contributed by atoms with Crippen molar-refractivity contribution < 1.29 is 9.84 Å². The monoisotopic (exact) mass is 268 g/mol. The highest BCUT2D eigenvalue weighted by molar-refractivity contribution is 5.14. The maximum absolute atomic E-state index is 9.53. The lowest BCUT2D eigenvalue weighted by molar-refractivity contribution is -0.0528. The van der Waals surface area contributed by atoms with Gasteiger partial charge in [-0.1, -0.05) is 6.92 Å². The molecule has 1 aromatic heterocycles. The van der Waals surface area contributed by atoms with Crippen LogP contribution in [0.15, 0.2) is 12.4 Å². The number of rotatable bonds is 5. The van der Waals surface area contributed by atoms with Crippen LogP contribution in [0.5, 0.6) is 0 Å². The Kier molecular flexibility index (Phi) is 4.93. The number of morpholine rings is 1. The molecule has 1 fully saturated rings. The average molecular weight is 268 g/mol. The van der Waals surface area contributed by atoms with Gasteiger partial charge in [0.2, 0.25) is 0 Å². The van der Waals surface area contributed by atoms with Crippen molar-refractivity contribution in [2.75, 3.05) is 26.4 Å². The molecule has 3 atom stereocenters. The Morgan fingerprint density at radius 2 is 2.42 bits per heavy atom. The minimum Gasteiger partial charge on any atom is -0.395 e. The fraction of sp³-hybridized carbons (Fsp3) is 0.769. The molecule has 3 N–H and O–H groups in total. The van der Waals surface area contributed by atoms with Crippen molar-refractivity contribution in [3.63, 3.8) is 0 Å². The Hall–Kier alpha value is -0.950. The lowest BCUT2D eigenvalue weighted by Gasteiger charge is -2.42. The Balaban J connectivity index is 2.26. The molecule has 19 heavy (non-hydrogen) atoms. The molecule has 1 aliphatic heterocycles. The largest absolute Gasteiger partial charge is 0.395 e. The van der Waals surface area contributed by atoms with Crippen molar-refractivity contribution in [2.24, 2.45) is 12.8 Å². The zero-order valence-electron chi connectivity index (χ0n) is 11.7. The van der Waals surface area contributed by atoms with Crippen LogP contribution in [0, 0.1) is 0 Å². The molecule has 2 heterocycles. The summed E-state index contributed by atoms with van der Waals surface area (Å²) >= 11 is 0. The van der Waals surface area contributed by atoms with Crippen LogP contribution >= 0.6 is 0 Å². The average Bonchev–Trinajstić information content (AvgIpc) is 2.85. The molecule has 1 aliphatic rings. The molecule has 0 radical (unpaired) electrons. The number of ether oxygens (including phenoxy) is 1. The maximum Gasteiger partial charge on any atom is 0.0645 e. The number of aromatic nitrogens is 2. The van der Waals surface area contributed by atoms with Gasteiger partial charge in [0, 0.05) is 31.4 Å². The van der Waals surface area contributed by atoms with E-state index >= 15 is 0 Å². The molecule has 0 saturated carbocycles. The highest BCUT2D eigenvalue weighted by atomic mass is 16.5. The van der Waals surface area contributed by atoms with Crippen LogP contribution in [0.25, 0.3) is 0 Å². The Morgan fingerprint density at radius 3 is 3.00 bits per heavy atom. The lowest BCUT2D eigenvalue weighted by atomic mass is 9.97. The van der Waals surface area contributed by atoms with Crippen LogP contribution in [-0.4, -0.2) is 58.2 Å². The van der Waals surface area contributed by atoms with Crippen LogP contribution < -0.4 is 5.73 Å². The lowest BCUT2D eigenvalue weighted by Crippen LogP contribution is -2.53. The van der Waals surface area contributed by atoms with Crippen molar-refractivity contribution in [3.05, 3.63) is 18.0 Å². The molecular formula is C13H24N4O2. The van der Waals surface area contributed by atoms with E-state index in [0.29, 0.717) is 13.2 Å². The van der Waals surface area contributed by atoms with Gasteiger partial charge in [0.05, 0.1) is 38.1 Å². The number of nitrogens with two attached hydrogens (primary N) is 1. The van der Waals surface area contributed by atoms with Crippen molar-refractivity contribution >= 4 is 0 Å². The number of nitrogens with zero attached hydrogens (tertiary/aromatic N) is 3. The molecule has 0 spiro atoms. The second-order valence-corrected chi connectivity index (χ2v) is 5.11. The molecule has 6 nitrogen and oxygen atoms in total. The molecule has 0 amide bonds. The van der Waals surface area contributed by atoms with Gasteiger partial charge in [-0.15, -0.1) is 0 Å². The molecular weight excluding hydrogens is 244 g/mol. The summed E-state index contributed by atoms with van der Waals surface area (Å²) in [7, 11) is 1.90. The van der Waals surface area contributed by atoms with Crippen LogP contribution in [-0.2, 0) is 11.8 Å². The van der Waals surface area contributed by atoms with E-state index < -0.39 is 0 Å². The van der Waals surface area contributed by atoms with Crippen molar-refractivity contribution in [2.45, 2.75) is 31.5 Å². The second-order valence-electron chi connectivity index (χ2n) is 5.11. The molecule has 2 rings (SSSR count).